The van der Waals surface area contributed by atoms with Crippen molar-refractivity contribution in [3.8, 4) is 5.75 Å². The van der Waals surface area contributed by atoms with E-state index in [1.807, 2.05) is 37.3 Å². The molecule has 0 spiro atoms. The van der Waals surface area contributed by atoms with Gasteiger partial charge in [-0.25, -0.2) is 9.37 Å². The van der Waals surface area contributed by atoms with Gasteiger partial charge in [0, 0.05) is 51.8 Å². The highest BCUT2D eigenvalue weighted by molar-refractivity contribution is 5.97. The van der Waals surface area contributed by atoms with Crippen molar-refractivity contribution in [2.45, 2.75) is 50.7 Å². The van der Waals surface area contributed by atoms with E-state index in [0.29, 0.717) is 37.1 Å². The van der Waals surface area contributed by atoms with Gasteiger partial charge in [0.05, 0.1) is 36.5 Å². The Bertz CT molecular complexity index is 1760. The van der Waals surface area contributed by atoms with E-state index < -0.39 is 0 Å². The minimum absolute atomic E-state index is 0.0144. The van der Waals surface area contributed by atoms with Crippen LogP contribution in [0, 0.1) is 5.82 Å². The average molecular weight is 669 g/mol. The number of ether oxygens (including phenoxy) is 2. The van der Waals surface area contributed by atoms with Crippen molar-refractivity contribution in [3.05, 3.63) is 89.2 Å². The fourth-order valence-electron chi connectivity index (χ4n) is 6.69. The van der Waals surface area contributed by atoms with Crippen molar-refractivity contribution in [1.29, 1.82) is 0 Å². The van der Waals surface area contributed by atoms with Crippen molar-refractivity contribution in [2.75, 3.05) is 58.9 Å². The van der Waals surface area contributed by atoms with Gasteiger partial charge in [-0.05, 0) is 85.5 Å². The van der Waals surface area contributed by atoms with Crippen LogP contribution in [-0.2, 0) is 11.3 Å². The topological polar surface area (TPSA) is 109 Å². The Labute approximate surface area is 286 Å². The largest absolute Gasteiger partial charge is 0.496 e. The molecule has 49 heavy (non-hydrogen) atoms. The van der Waals surface area contributed by atoms with E-state index in [1.165, 1.54) is 12.1 Å². The van der Waals surface area contributed by atoms with Gasteiger partial charge in [-0.3, -0.25) is 4.79 Å². The number of hydrogen-bond donors (Lipinski definition) is 1. The molecule has 2 aliphatic rings. The van der Waals surface area contributed by atoms with Crippen LogP contribution in [0.2, 0.25) is 0 Å². The van der Waals surface area contributed by atoms with Crippen LogP contribution in [0.1, 0.15) is 59.6 Å². The summed E-state index contributed by atoms with van der Waals surface area (Å²) in [6.07, 6.45) is 4.46. The number of aromatic nitrogens is 2. The van der Waals surface area contributed by atoms with Crippen LogP contribution >= 0.6 is 0 Å². The second-order valence-electron chi connectivity index (χ2n) is 12.6. The fraction of sp³-hybridized carbons (Fsp3) is 0.432. The zero-order valence-corrected chi connectivity index (χ0v) is 28.5. The second-order valence-corrected chi connectivity index (χ2v) is 12.6. The highest BCUT2D eigenvalue weighted by Crippen LogP contribution is 2.29. The van der Waals surface area contributed by atoms with Gasteiger partial charge in [-0.15, -0.1) is 5.10 Å². The SMILES string of the molecule is CCOCCn1c(NC2CCN(CCC(CN(C)C(=O)c3cc(C4C=NN=N4)ccc3OC)c3ccc(F)cc3)CC2)nc2ccccc21. The Morgan fingerprint density at radius 3 is 2.61 bits per heavy atom. The lowest BCUT2D eigenvalue weighted by atomic mass is 9.93. The van der Waals surface area contributed by atoms with Crippen molar-refractivity contribution in [1.82, 2.24) is 19.4 Å². The number of fused-ring (bicyclic) bond motifs is 1. The lowest BCUT2D eigenvalue weighted by Crippen LogP contribution is -2.40. The first kappa shape index (κ1) is 34.2. The zero-order chi connectivity index (χ0) is 34.2. The summed E-state index contributed by atoms with van der Waals surface area (Å²) in [7, 11) is 3.36. The molecule has 1 aromatic heterocycles. The summed E-state index contributed by atoms with van der Waals surface area (Å²) in [5.74, 6) is 0.970. The average Bonchev–Trinajstić information content (AvgIpc) is 3.79. The molecule has 1 N–H and O–H groups in total. The maximum Gasteiger partial charge on any atom is 0.257 e. The standard InChI is InChI=1S/C37H45FN8O3/c1-4-49-22-21-46-34-8-6-5-7-32(34)41-37(46)40-30-16-19-45(20-17-30)18-15-28(26-9-12-29(38)13-10-26)25-44(2)36(47)31-23-27(11-14-35(31)48-3)33-24-39-43-42-33/h5-14,23-24,28,30,33H,4,15-22,25H2,1-3H3,(H,40,41). The monoisotopic (exact) mass is 668 g/mol. The number of halogens is 1. The number of anilines is 1. The van der Waals surface area contributed by atoms with Crippen LogP contribution in [-0.4, -0.2) is 91.1 Å². The maximum absolute atomic E-state index is 13.9. The number of hydrogen-bond acceptors (Lipinski definition) is 9. The molecule has 0 bridgehead atoms. The third kappa shape index (κ3) is 8.31. The summed E-state index contributed by atoms with van der Waals surface area (Å²) in [6, 6.07) is 20.3. The summed E-state index contributed by atoms with van der Waals surface area (Å²) < 4.78 is 27.3. The molecule has 4 aromatic rings. The Kier molecular flexibility index (Phi) is 11.3. The number of para-hydroxylation sites is 2. The molecule has 11 nitrogen and oxygen atoms in total. The summed E-state index contributed by atoms with van der Waals surface area (Å²) in [5.41, 5.74) is 4.37. The predicted octanol–water partition coefficient (Wildman–Crippen LogP) is 6.54. The first-order valence-electron chi connectivity index (χ1n) is 17.1. The minimum Gasteiger partial charge on any atom is -0.496 e. The molecule has 0 saturated carbocycles. The number of rotatable bonds is 15. The molecule has 1 saturated heterocycles. The molecule has 1 amide bonds. The third-order valence-electron chi connectivity index (χ3n) is 9.45. The number of nitrogens with zero attached hydrogens (tertiary/aromatic N) is 7. The number of amides is 1. The number of carbonyl (C=O) groups is 1. The highest BCUT2D eigenvalue weighted by atomic mass is 19.1. The van der Waals surface area contributed by atoms with Gasteiger partial charge in [0.15, 0.2) is 0 Å². The molecule has 2 atom stereocenters. The van der Waals surface area contributed by atoms with Gasteiger partial charge in [-0.2, -0.15) is 5.11 Å². The van der Waals surface area contributed by atoms with E-state index >= 15 is 0 Å². The first-order chi connectivity index (χ1) is 23.9. The van der Waals surface area contributed by atoms with Crippen LogP contribution in [0.5, 0.6) is 5.75 Å². The van der Waals surface area contributed by atoms with Crippen LogP contribution in [0.3, 0.4) is 0 Å². The normalized spacial score (nSPS) is 17.1. The van der Waals surface area contributed by atoms with E-state index in [2.05, 4.69) is 42.4 Å². The predicted molar refractivity (Wildman–Crippen MR) is 189 cm³/mol. The van der Waals surface area contributed by atoms with E-state index in [9.17, 15) is 9.18 Å². The van der Waals surface area contributed by atoms with E-state index in [4.69, 9.17) is 14.5 Å². The van der Waals surface area contributed by atoms with Gasteiger partial charge >= 0.3 is 0 Å². The number of nitrogens with one attached hydrogen (secondary N) is 1. The molecule has 12 heteroatoms. The Morgan fingerprint density at radius 1 is 1.08 bits per heavy atom. The zero-order valence-electron chi connectivity index (χ0n) is 28.5. The number of benzene rings is 3. The van der Waals surface area contributed by atoms with Gasteiger partial charge in [-0.1, -0.05) is 30.3 Å². The van der Waals surface area contributed by atoms with E-state index in [-0.39, 0.29) is 23.7 Å². The van der Waals surface area contributed by atoms with Gasteiger partial charge in [0.2, 0.25) is 5.95 Å². The Balaban J connectivity index is 1.09. The van der Waals surface area contributed by atoms with Crippen LogP contribution in [0.15, 0.2) is 82.2 Å². The van der Waals surface area contributed by atoms with Crippen LogP contribution in [0.4, 0.5) is 10.3 Å². The lowest BCUT2D eigenvalue weighted by molar-refractivity contribution is 0.0778. The Morgan fingerprint density at radius 2 is 1.88 bits per heavy atom. The molecular weight excluding hydrogens is 623 g/mol. The van der Waals surface area contributed by atoms with Gasteiger partial charge in [0.1, 0.15) is 17.6 Å². The summed E-state index contributed by atoms with van der Waals surface area (Å²) in [6.45, 7) is 7.33. The molecule has 0 radical (unpaired) electrons. The number of likely N-dealkylation sites (tertiary alicyclic amines) is 1. The molecule has 2 aliphatic heterocycles. The summed E-state index contributed by atoms with van der Waals surface area (Å²) >= 11 is 0. The second kappa shape index (κ2) is 16.1. The van der Waals surface area contributed by atoms with Crippen molar-refractivity contribution < 1.29 is 18.7 Å². The van der Waals surface area contributed by atoms with Crippen molar-refractivity contribution in [2.24, 2.45) is 15.4 Å². The molecule has 3 aromatic carbocycles. The summed E-state index contributed by atoms with van der Waals surface area (Å²) in [5, 5.41) is 15.4. The molecular formula is C37H45FN8O3. The number of imidazole rings is 1. The quantitative estimate of drug-likeness (QED) is 0.144. The third-order valence-corrected chi connectivity index (χ3v) is 9.45. The number of methoxy groups -OCH3 is 1. The van der Waals surface area contributed by atoms with E-state index in [1.54, 1.807) is 37.4 Å². The van der Waals surface area contributed by atoms with Crippen molar-refractivity contribution in [3.63, 3.8) is 0 Å². The fourth-order valence-corrected chi connectivity index (χ4v) is 6.69. The van der Waals surface area contributed by atoms with Gasteiger partial charge in [0.25, 0.3) is 5.91 Å². The molecule has 6 rings (SSSR count). The lowest BCUT2D eigenvalue weighted by Gasteiger charge is -2.34. The summed E-state index contributed by atoms with van der Waals surface area (Å²) in [4.78, 5) is 22.9. The number of likely N-dealkylation sites (N-methyl/N-ethyl adjacent to an activating group) is 1. The Hall–Kier alpha value is -4.68. The highest BCUT2D eigenvalue weighted by Gasteiger charge is 2.26. The van der Waals surface area contributed by atoms with Gasteiger partial charge < -0.3 is 29.2 Å². The number of piperidine rings is 1. The van der Waals surface area contributed by atoms with E-state index in [0.717, 1.165) is 73.6 Å². The molecule has 258 valence electrons. The first-order valence-corrected chi connectivity index (χ1v) is 17.1. The molecule has 2 unspecified atom stereocenters. The molecule has 1 fully saturated rings. The van der Waals surface area contributed by atoms with Crippen LogP contribution in [0.25, 0.3) is 11.0 Å². The maximum atomic E-state index is 13.9. The van der Waals surface area contributed by atoms with Crippen molar-refractivity contribution >= 4 is 29.1 Å². The number of carbonyl (C=O) groups excluding carboxylic acids is 1. The van der Waals surface area contributed by atoms with Crippen LogP contribution < -0.4 is 10.1 Å². The minimum atomic E-state index is -0.323. The molecule has 3 heterocycles. The molecule has 0 aliphatic carbocycles. The smallest absolute Gasteiger partial charge is 0.257 e.